The van der Waals surface area contributed by atoms with E-state index in [0.29, 0.717) is 12.5 Å². The van der Waals surface area contributed by atoms with Crippen molar-refractivity contribution in [3.8, 4) is 0 Å². The summed E-state index contributed by atoms with van der Waals surface area (Å²) in [6, 6.07) is 10.0. The lowest BCUT2D eigenvalue weighted by molar-refractivity contribution is -0.132. The van der Waals surface area contributed by atoms with Crippen molar-refractivity contribution in [3.63, 3.8) is 0 Å². The first-order valence-corrected chi connectivity index (χ1v) is 7.06. The summed E-state index contributed by atoms with van der Waals surface area (Å²) in [5.41, 5.74) is 1.13. The average Bonchev–Trinajstić information content (AvgIpc) is 2.45. The Labute approximate surface area is 129 Å². The fourth-order valence-corrected chi connectivity index (χ4v) is 2.01. The summed E-state index contributed by atoms with van der Waals surface area (Å²) < 4.78 is 36.4. The SMILES string of the molecule is CN=C(NCCC(F)(F)F)NCC(c1ccccc1)N(C)C. The maximum atomic E-state index is 12.1. The first-order chi connectivity index (χ1) is 10.3. The number of nitrogens with zero attached hydrogens (tertiary/aromatic N) is 2. The van der Waals surface area contributed by atoms with Crippen molar-refractivity contribution < 1.29 is 13.2 Å². The van der Waals surface area contributed by atoms with Crippen LogP contribution in [0, 0.1) is 0 Å². The number of hydrogen-bond acceptors (Lipinski definition) is 2. The van der Waals surface area contributed by atoms with E-state index in [9.17, 15) is 13.2 Å². The standard InChI is InChI=1S/C15H23F3N4/c1-19-14(20-10-9-15(16,17)18)21-11-13(22(2)3)12-7-5-4-6-8-12/h4-8,13H,9-11H2,1-3H3,(H2,19,20,21). The highest BCUT2D eigenvalue weighted by molar-refractivity contribution is 5.79. The van der Waals surface area contributed by atoms with Gasteiger partial charge in [0.2, 0.25) is 0 Å². The molecule has 0 aromatic heterocycles. The van der Waals surface area contributed by atoms with E-state index < -0.39 is 12.6 Å². The summed E-state index contributed by atoms with van der Waals surface area (Å²) in [5, 5.41) is 5.74. The van der Waals surface area contributed by atoms with Gasteiger partial charge in [0.25, 0.3) is 0 Å². The quantitative estimate of drug-likeness (QED) is 0.625. The summed E-state index contributed by atoms with van der Waals surface area (Å²) in [5.74, 6) is 0.368. The Bertz CT molecular complexity index is 458. The molecule has 0 heterocycles. The lowest BCUT2D eigenvalue weighted by Crippen LogP contribution is -2.42. The number of nitrogens with one attached hydrogen (secondary N) is 2. The minimum atomic E-state index is -4.16. The van der Waals surface area contributed by atoms with Crippen molar-refractivity contribution in [2.24, 2.45) is 4.99 Å². The Hall–Kier alpha value is -1.76. The van der Waals surface area contributed by atoms with Crippen LogP contribution in [0.2, 0.25) is 0 Å². The molecular formula is C15H23F3N4. The van der Waals surface area contributed by atoms with Crippen LogP contribution >= 0.6 is 0 Å². The Morgan fingerprint density at radius 2 is 1.82 bits per heavy atom. The van der Waals surface area contributed by atoms with Gasteiger partial charge in [-0.3, -0.25) is 4.99 Å². The number of aliphatic imine (C=N–C) groups is 1. The fraction of sp³-hybridized carbons (Fsp3) is 0.533. The monoisotopic (exact) mass is 316 g/mol. The molecule has 1 rings (SSSR count). The third-order valence-electron chi connectivity index (χ3n) is 3.20. The van der Waals surface area contributed by atoms with Gasteiger partial charge in [-0.1, -0.05) is 30.3 Å². The van der Waals surface area contributed by atoms with Gasteiger partial charge >= 0.3 is 6.18 Å². The van der Waals surface area contributed by atoms with E-state index in [2.05, 4.69) is 15.6 Å². The van der Waals surface area contributed by atoms with Crippen LogP contribution in [0.15, 0.2) is 35.3 Å². The highest BCUT2D eigenvalue weighted by Crippen LogP contribution is 2.18. The number of benzene rings is 1. The van der Waals surface area contributed by atoms with E-state index in [4.69, 9.17) is 0 Å². The average molecular weight is 316 g/mol. The van der Waals surface area contributed by atoms with Crippen LogP contribution < -0.4 is 10.6 Å². The van der Waals surface area contributed by atoms with E-state index in [-0.39, 0.29) is 12.6 Å². The molecule has 1 unspecified atom stereocenters. The van der Waals surface area contributed by atoms with Crippen LogP contribution in [-0.2, 0) is 0 Å². The smallest absolute Gasteiger partial charge is 0.356 e. The molecule has 1 atom stereocenters. The van der Waals surface area contributed by atoms with Gasteiger partial charge in [0, 0.05) is 20.1 Å². The van der Waals surface area contributed by atoms with Gasteiger partial charge < -0.3 is 15.5 Å². The zero-order valence-electron chi connectivity index (χ0n) is 13.1. The maximum Gasteiger partial charge on any atom is 0.390 e. The minimum absolute atomic E-state index is 0.0994. The van der Waals surface area contributed by atoms with Crippen LogP contribution in [0.5, 0.6) is 0 Å². The Balaban J connectivity index is 2.53. The molecule has 4 nitrogen and oxygen atoms in total. The normalized spacial score (nSPS) is 14.0. The van der Waals surface area contributed by atoms with E-state index in [1.807, 2.05) is 49.3 Å². The molecule has 1 aromatic carbocycles. The second kappa shape index (κ2) is 8.63. The summed E-state index contributed by atoms with van der Waals surface area (Å²) in [6.07, 6.45) is -5.05. The number of likely N-dealkylation sites (N-methyl/N-ethyl adjacent to an activating group) is 1. The summed E-state index contributed by atoms with van der Waals surface area (Å²) >= 11 is 0. The van der Waals surface area contributed by atoms with Gasteiger partial charge in [-0.05, 0) is 19.7 Å². The highest BCUT2D eigenvalue weighted by atomic mass is 19.4. The summed E-state index contributed by atoms with van der Waals surface area (Å²) in [7, 11) is 5.45. The molecule has 0 aliphatic carbocycles. The van der Waals surface area contributed by atoms with Crippen molar-refractivity contribution in [2.45, 2.75) is 18.6 Å². The van der Waals surface area contributed by atoms with Gasteiger partial charge in [-0.2, -0.15) is 13.2 Å². The van der Waals surface area contributed by atoms with Crippen molar-refractivity contribution in [1.82, 2.24) is 15.5 Å². The topological polar surface area (TPSA) is 39.7 Å². The number of guanidine groups is 1. The molecule has 124 valence electrons. The number of alkyl halides is 3. The van der Waals surface area contributed by atoms with Crippen LogP contribution in [0.4, 0.5) is 13.2 Å². The van der Waals surface area contributed by atoms with Crippen molar-refractivity contribution in [2.75, 3.05) is 34.2 Å². The van der Waals surface area contributed by atoms with Crippen LogP contribution in [-0.4, -0.2) is 51.3 Å². The number of rotatable bonds is 6. The molecule has 22 heavy (non-hydrogen) atoms. The molecular weight excluding hydrogens is 293 g/mol. The van der Waals surface area contributed by atoms with E-state index in [1.54, 1.807) is 0 Å². The predicted molar refractivity (Wildman–Crippen MR) is 82.9 cm³/mol. The number of halogens is 3. The highest BCUT2D eigenvalue weighted by Gasteiger charge is 2.26. The van der Waals surface area contributed by atoms with Gasteiger partial charge in [-0.25, -0.2) is 0 Å². The zero-order chi connectivity index (χ0) is 16.6. The van der Waals surface area contributed by atoms with Gasteiger partial charge in [0.1, 0.15) is 0 Å². The molecule has 0 aliphatic heterocycles. The predicted octanol–water partition coefficient (Wildman–Crippen LogP) is 2.41. The molecule has 0 aliphatic rings. The molecule has 7 heteroatoms. The van der Waals surface area contributed by atoms with Gasteiger partial charge in [0.05, 0.1) is 12.5 Å². The van der Waals surface area contributed by atoms with Crippen LogP contribution in [0.3, 0.4) is 0 Å². The largest absolute Gasteiger partial charge is 0.390 e. The molecule has 1 aromatic rings. The third kappa shape index (κ3) is 6.80. The molecule has 0 saturated heterocycles. The molecule has 0 amide bonds. The lowest BCUT2D eigenvalue weighted by atomic mass is 10.1. The van der Waals surface area contributed by atoms with Crippen molar-refractivity contribution in [3.05, 3.63) is 35.9 Å². The summed E-state index contributed by atoms with van der Waals surface area (Å²) in [4.78, 5) is 5.99. The van der Waals surface area contributed by atoms with E-state index >= 15 is 0 Å². The maximum absolute atomic E-state index is 12.1. The first-order valence-electron chi connectivity index (χ1n) is 7.06. The Morgan fingerprint density at radius 1 is 1.18 bits per heavy atom. The number of hydrogen-bond donors (Lipinski definition) is 2. The lowest BCUT2D eigenvalue weighted by Gasteiger charge is -2.26. The fourth-order valence-electron chi connectivity index (χ4n) is 2.01. The molecule has 2 N–H and O–H groups in total. The summed E-state index contributed by atoms with van der Waals surface area (Å²) in [6.45, 7) is 0.351. The molecule has 0 fully saturated rings. The van der Waals surface area contributed by atoms with E-state index in [0.717, 1.165) is 5.56 Å². The van der Waals surface area contributed by atoms with Crippen LogP contribution in [0.25, 0.3) is 0 Å². The molecule has 0 bridgehead atoms. The second-order valence-electron chi connectivity index (χ2n) is 5.14. The third-order valence-corrected chi connectivity index (χ3v) is 3.20. The first kappa shape index (κ1) is 18.3. The molecule has 0 saturated carbocycles. The Morgan fingerprint density at radius 3 is 2.32 bits per heavy atom. The van der Waals surface area contributed by atoms with Crippen molar-refractivity contribution >= 4 is 5.96 Å². The molecule has 0 spiro atoms. The minimum Gasteiger partial charge on any atom is -0.356 e. The van der Waals surface area contributed by atoms with Gasteiger partial charge in [-0.15, -0.1) is 0 Å². The van der Waals surface area contributed by atoms with E-state index in [1.165, 1.54) is 7.05 Å². The zero-order valence-corrected chi connectivity index (χ0v) is 13.1. The second-order valence-corrected chi connectivity index (χ2v) is 5.14. The van der Waals surface area contributed by atoms with Crippen LogP contribution in [0.1, 0.15) is 18.0 Å². The molecule has 0 radical (unpaired) electrons. The van der Waals surface area contributed by atoms with Crippen molar-refractivity contribution in [1.29, 1.82) is 0 Å². The Kier molecular flexibility index (Phi) is 7.17. The van der Waals surface area contributed by atoms with Gasteiger partial charge in [0.15, 0.2) is 5.96 Å².